The summed E-state index contributed by atoms with van der Waals surface area (Å²) >= 11 is 1.69. The Morgan fingerprint density at radius 2 is 1.32 bits per heavy atom. The van der Waals surface area contributed by atoms with Crippen molar-refractivity contribution in [1.29, 1.82) is 0 Å². The number of nitrogens with zero attached hydrogens (tertiary/aromatic N) is 1. The minimum absolute atomic E-state index is 0.243. The van der Waals surface area contributed by atoms with Gasteiger partial charge in [0.05, 0.1) is 19.2 Å². The quantitative estimate of drug-likeness (QED) is 0.228. The lowest BCUT2D eigenvalue weighted by Crippen LogP contribution is -2.25. The first-order chi connectivity index (χ1) is 16.7. The number of benzene rings is 3. The van der Waals surface area contributed by atoms with Gasteiger partial charge in [0.1, 0.15) is 5.00 Å². The summed E-state index contributed by atoms with van der Waals surface area (Å²) in [6, 6.07) is 31.7. The fraction of sp³-hybridized carbons (Fsp3) is 0.207. The Labute approximate surface area is 205 Å². The topological polar surface area (TPSA) is 38.7 Å². The van der Waals surface area contributed by atoms with E-state index < -0.39 is 7.05 Å². The average Bonchev–Trinajstić information content (AvgIpc) is 3.27. The lowest BCUT2D eigenvalue weighted by atomic mass is 9.95. The largest absolute Gasteiger partial charge is 0.462 e. The fourth-order valence-corrected chi connectivity index (χ4v) is 9.79. The van der Waals surface area contributed by atoms with Crippen molar-refractivity contribution < 1.29 is 9.53 Å². The van der Waals surface area contributed by atoms with Crippen LogP contribution in [0.1, 0.15) is 40.6 Å². The molecule has 1 aliphatic carbocycles. The molecule has 1 aliphatic rings. The van der Waals surface area contributed by atoms with Gasteiger partial charge in [-0.1, -0.05) is 91.0 Å². The van der Waals surface area contributed by atoms with Crippen LogP contribution in [-0.4, -0.2) is 12.6 Å². The fourth-order valence-electron chi connectivity index (χ4n) is 4.72. The van der Waals surface area contributed by atoms with Gasteiger partial charge in [-0.25, -0.2) is 9.54 Å². The summed E-state index contributed by atoms with van der Waals surface area (Å²) in [5, 5.41) is 4.34. The molecule has 0 N–H and O–H groups in total. The molecule has 0 atom stereocenters. The van der Waals surface area contributed by atoms with Crippen molar-refractivity contribution in [3.63, 3.8) is 0 Å². The lowest BCUT2D eigenvalue weighted by Gasteiger charge is -2.26. The third kappa shape index (κ3) is 4.17. The molecule has 5 heteroatoms. The molecule has 0 spiro atoms. The first-order valence-corrected chi connectivity index (χ1v) is 14.4. The van der Waals surface area contributed by atoms with Gasteiger partial charge in [0.2, 0.25) is 0 Å². The number of rotatable bonds is 6. The highest BCUT2D eigenvalue weighted by atomic mass is 32.1. The van der Waals surface area contributed by atoms with Gasteiger partial charge in [0.25, 0.3) is 0 Å². The number of ether oxygens (including phenoxy) is 1. The molecule has 3 nitrogen and oxygen atoms in total. The normalized spacial score (nSPS) is 13.2. The van der Waals surface area contributed by atoms with Crippen LogP contribution in [0.25, 0.3) is 0 Å². The molecule has 3 aromatic carbocycles. The number of hydrogen-bond acceptors (Lipinski definition) is 4. The summed E-state index contributed by atoms with van der Waals surface area (Å²) in [6.07, 6.45) is 4.19. The third-order valence-electron chi connectivity index (χ3n) is 6.26. The molecule has 4 aromatic rings. The van der Waals surface area contributed by atoms with E-state index in [1.54, 1.807) is 11.3 Å². The van der Waals surface area contributed by atoms with Gasteiger partial charge in [0, 0.05) is 20.8 Å². The maximum Gasteiger partial charge on any atom is 0.341 e. The van der Waals surface area contributed by atoms with Crippen LogP contribution in [0.3, 0.4) is 0 Å². The van der Waals surface area contributed by atoms with Crippen molar-refractivity contribution in [2.75, 3.05) is 6.61 Å². The van der Waals surface area contributed by atoms with Gasteiger partial charge in [-0.2, -0.15) is 0 Å². The van der Waals surface area contributed by atoms with E-state index in [1.807, 2.05) is 25.1 Å². The standard InChI is InChI=1S/C29H28NO2PS/c1-2-32-29(31)27-25-20-12-13-21-26(25)34-28(27)30-33(22-14-6-3-7-15-22,23-16-8-4-9-17-23)24-18-10-5-11-19-24/h3-11,14-19H,2,12-13,20-21H2,1H3. The monoisotopic (exact) mass is 485 g/mol. The van der Waals surface area contributed by atoms with Gasteiger partial charge in [0.15, 0.2) is 0 Å². The Bertz CT molecular complexity index is 1230. The number of hydrogen-bond donors (Lipinski definition) is 0. The Balaban J connectivity index is 1.89. The number of aryl methyl sites for hydroxylation is 1. The second kappa shape index (κ2) is 10.1. The molecule has 0 bridgehead atoms. The summed E-state index contributed by atoms with van der Waals surface area (Å²) in [6.45, 7) is 2.22. The Hall–Kier alpha value is -2.94. The highest BCUT2D eigenvalue weighted by Crippen LogP contribution is 2.52. The molecule has 172 valence electrons. The van der Waals surface area contributed by atoms with Crippen LogP contribution in [0.5, 0.6) is 0 Å². The summed E-state index contributed by atoms with van der Waals surface area (Å²) in [4.78, 5) is 14.5. The molecule has 1 aromatic heterocycles. The zero-order chi connectivity index (χ0) is 23.4. The number of fused-ring (bicyclic) bond motifs is 1. The van der Waals surface area contributed by atoms with E-state index >= 15 is 0 Å². The Morgan fingerprint density at radius 3 is 1.82 bits per heavy atom. The highest BCUT2D eigenvalue weighted by Gasteiger charge is 2.31. The minimum Gasteiger partial charge on any atom is -0.462 e. The maximum absolute atomic E-state index is 13.2. The van der Waals surface area contributed by atoms with E-state index in [1.165, 1.54) is 20.8 Å². The molecule has 34 heavy (non-hydrogen) atoms. The molecule has 0 saturated heterocycles. The highest BCUT2D eigenvalue weighted by molar-refractivity contribution is 7.87. The molecular weight excluding hydrogens is 457 g/mol. The van der Waals surface area contributed by atoms with Gasteiger partial charge in [-0.15, -0.1) is 11.3 Å². The molecule has 0 aliphatic heterocycles. The van der Waals surface area contributed by atoms with Crippen LogP contribution in [0, 0.1) is 0 Å². The first kappa shape index (κ1) is 22.8. The van der Waals surface area contributed by atoms with Crippen molar-refractivity contribution in [1.82, 2.24) is 0 Å². The second-order valence-corrected chi connectivity index (χ2v) is 12.5. The number of carbonyl (C=O) groups excluding carboxylic acids is 1. The van der Waals surface area contributed by atoms with Crippen molar-refractivity contribution in [2.45, 2.75) is 32.6 Å². The predicted molar refractivity (Wildman–Crippen MR) is 144 cm³/mol. The summed E-state index contributed by atoms with van der Waals surface area (Å²) in [5.41, 5.74) is 1.84. The van der Waals surface area contributed by atoms with E-state index in [4.69, 9.17) is 9.48 Å². The average molecular weight is 486 g/mol. The van der Waals surface area contributed by atoms with Gasteiger partial charge in [-0.05, 0) is 38.2 Å². The number of thiophene rings is 1. The van der Waals surface area contributed by atoms with Gasteiger partial charge < -0.3 is 4.74 Å². The summed E-state index contributed by atoms with van der Waals surface area (Å²) in [7, 11) is -2.44. The third-order valence-corrected chi connectivity index (χ3v) is 11.2. The van der Waals surface area contributed by atoms with Crippen molar-refractivity contribution in [3.8, 4) is 0 Å². The smallest absolute Gasteiger partial charge is 0.341 e. The molecule has 0 radical (unpaired) electrons. The van der Waals surface area contributed by atoms with E-state index in [2.05, 4.69) is 72.8 Å². The van der Waals surface area contributed by atoms with E-state index in [0.29, 0.717) is 12.2 Å². The van der Waals surface area contributed by atoms with Crippen LogP contribution in [0.15, 0.2) is 95.7 Å². The molecule has 0 saturated carbocycles. The Kier molecular flexibility index (Phi) is 6.80. The molecule has 1 heterocycles. The minimum atomic E-state index is -2.44. The molecular formula is C29H28NO2PS. The number of esters is 1. The van der Waals surface area contributed by atoms with Crippen LogP contribution >= 0.6 is 18.4 Å². The second-order valence-electron chi connectivity index (χ2n) is 8.35. The van der Waals surface area contributed by atoms with Crippen LogP contribution in [0.4, 0.5) is 5.00 Å². The molecule has 0 amide bonds. The molecule has 0 fully saturated rings. The number of carbonyl (C=O) groups is 1. The van der Waals surface area contributed by atoms with Gasteiger partial charge in [-0.3, -0.25) is 0 Å². The first-order valence-electron chi connectivity index (χ1n) is 11.8. The van der Waals surface area contributed by atoms with Crippen LogP contribution < -0.4 is 15.9 Å². The molecule has 5 rings (SSSR count). The lowest BCUT2D eigenvalue weighted by molar-refractivity contribution is 0.0526. The van der Waals surface area contributed by atoms with Crippen LogP contribution in [0.2, 0.25) is 0 Å². The van der Waals surface area contributed by atoms with Crippen molar-refractivity contribution >= 4 is 45.3 Å². The predicted octanol–water partition coefficient (Wildman–Crippen LogP) is 6.61. The van der Waals surface area contributed by atoms with E-state index in [0.717, 1.165) is 36.2 Å². The molecule has 0 unspecified atom stereocenters. The summed E-state index contributed by atoms with van der Waals surface area (Å²) in [5.74, 6) is -0.243. The van der Waals surface area contributed by atoms with E-state index in [9.17, 15) is 4.79 Å². The zero-order valence-corrected chi connectivity index (χ0v) is 21.0. The maximum atomic E-state index is 13.2. The van der Waals surface area contributed by atoms with Crippen molar-refractivity contribution in [2.24, 2.45) is 4.74 Å². The van der Waals surface area contributed by atoms with E-state index in [-0.39, 0.29) is 5.97 Å². The van der Waals surface area contributed by atoms with Crippen molar-refractivity contribution in [3.05, 3.63) is 107 Å². The zero-order valence-electron chi connectivity index (χ0n) is 19.3. The SMILES string of the molecule is CCOC(=O)c1c(N=P(c2ccccc2)(c2ccccc2)c2ccccc2)sc2c1CCCC2. The van der Waals surface area contributed by atoms with Crippen LogP contribution in [-0.2, 0) is 17.6 Å². The summed E-state index contributed by atoms with van der Waals surface area (Å²) < 4.78 is 11.2. The Morgan fingerprint density at radius 1 is 0.824 bits per heavy atom. The van der Waals surface area contributed by atoms with Gasteiger partial charge >= 0.3 is 5.97 Å².